The minimum Gasteiger partial charge on any atom is -0.316 e. The Labute approximate surface area is 123 Å². The van der Waals surface area contributed by atoms with Crippen LogP contribution >= 0.6 is 27.3 Å². The summed E-state index contributed by atoms with van der Waals surface area (Å²) in [6, 6.07) is 3.76. The predicted octanol–water partition coefficient (Wildman–Crippen LogP) is 1.43. The maximum atomic E-state index is 12.2. The number of hydrogen-bond donors (Lipinski definition) is 3. The maximum Gasteiger partial charge on any atom is 0.258 e. The van der Waals surface area contributed by atoms with Crippen molar-refractivity contribution in [2.75, 3.05) is 7.05 Å². The van der Waals surface area contributed by atoms with Gasteiger partial charge in [0.1, 0.15) is 0 Å². The average molecular weight is 365 g/mol. The molecule has 0 saturated heterocycles. The highest BCUT2D eigenvalue weighted by atomic mass is 79.9. The van der Waals surface area contributed by atoms with E-state index >= 15 is 0 Å². The van der Waals surface area contributed by atoms with E-state index in [1.807, 2.05) is 12.1 Å². The molecule has 2 rings (SSSR count). The smallest absolute Gasteiger partial charge is 0.258 e. The van der Waals surface area contributed by atoms with Gasteiger partial charge in [0.2, 0.25) is 0 Å². The molecule has 0 aromatic carbocycles. The molecule has 3 N–H and O–H groups in total. The minimum atomic E-state index is -3.58. The molecule has 0 spiro atoms. The van der Waals surface area contributed by atoms with Gasteiger partial charge in [-0.15, -0.1) is 11.3 Å². The number of thiophene rings is 1. The topological polar surface area (TPSA) is 86.9 Å². The number of halogens is 1. The van der Waals surface area contributed by atoms with Gasteiger partial charge in [-0.3, -0.25) is 5.10 Å². The number of aromatic amines is 1. The van der Waals surface area contributed by atoms with Crippen LogP contribution in [0.25, 0.3) is 0 Å². The lowest BCUT2D eigenvalue weighted by Crippen LogP contribution is -2.24. The molecule has 2 aromatic rings. The van der Waals surface area contributed by atoms with Crippen LogP contribution in [0.1, 0.15) is 10.4 Å². The lowest BCUT2D eigenvalue weighted by atomic mass is 10.4. The van der Waals surface area contributed by atoms with Crippen molar-refractivity contribution < 1.29 is 8.42 Å². The summed E-state index contributed by atoms with van der Waals surface area (Å²) in [4.78, 5) is 0.935. The first-order valence-corrected chi connectivity index (χ1v) is 8.53. The molecule has 0 radical (unpaired) electrons. The Morgan fingerprint density at radius 1 is 1.42 bits per heavy atom. The van der Waals surface area contributed by atoms with E-state index in [9.17, 15) is 8.42 Å². The van der Waals surface area contributed by atoms with Crippen LogP contribution in [0.2, 0.25) is 0 Å². The highest BCUT2D eigenvalue weighted by Crippen LogP contribution is 2.22. The second-order valence-electron chi connectivity index (χ2n) is 3.79. The molecule has 0 aliphatic rings. The lowest BCUT2D eigenvalue weighted by molar-refractivity contribution is 0.575. The van der Waals surface area contributed by atoms with Crippen LogP contribution in [0, 0.1) is 0 Å². The highest BCUT2D eigenvalue weighted by molar-refractivity contribution is 9.11. The Balaban J connectivity index is 2.11. The number of nitrogens with one attached hydrogen (secondary N) is 3. The normalized spacial score (nSPS) is 11.9. The van der Waals surface area contributed by atoms with Gasteiger partial charge in [-0.25, -0.2) is 13.1 Å². The summed E-state index contributed by atoms with van der Waals surface area (Å²) in [6.45, 7) is 0.702. The Morgan fingerprint density at radius 3 is 2.84 bits per heavy atom. The van der Waals surface area contributed by atoms with E-state index in [0.29, 0.717) is 12.1 Å². The van der Waals surface area contributed by atoms with Crippen LogP contribution in [-0.2, 0) is 23.1 Å². The average Bonchev–Trinajstić information content (AvgIpc) is 2.97. The molecule has 2 aromatic heterocycles. The Bertz CT molecular complexity index is 650. The minimum absolute atomic E-state index is 0.109. The third-order valence-electron chi connectivity index (χ3n) is 2.38. The molecule has 0 fully saturated rings. The molecular weight excluding hydrogens is 352 g/mol. The fraction of sp³-hybridized carbons (Fsp3) is 0.300. The first kappa shape index (κ1) is 14.7. The van der Waals surface area contributed by atoms with E-state index in [0.717, 1.165) is 8.66 Å². The molecule has 6 nitrogen and oxygen atoms in total. The second kappa shape index (κ2) is 6.14. The van der Waals surface area contributed by atoms with Crippen molar-refractivity contribution in [3.8, 4) is 0 Å². The van der Waals surface area contributed by atoms with Crippen LogP contribution < -0.4 is 10.0 Å². The fourth-order valence-electron chi connectivity index (χ4n) is 1.53. The fourth-order valence-corrected chi connectivity index (χ4v) is 4.18. The zero-order valence-corrected chi connectivity index (χ0v) is 13.3. The summed E-state index contributed by atoms with van der Waals surface area (Å²) >= 11 is 4.83. The van der Waals surface area contributed by atoms with Crippen molar-refractivity contribution in [2.24, 2.45) is 0 Å². The lowest BCUT2D eigenvalue weighted by Gasteiger charge is -2.05. The molecule has 0 unspecified atom stereocenters. The molecular formula is C10H13BrN4O2S2. The quantitative estimate of drug-likeness (QED) is 0.723. The summed E-state index contributed by atoms with van der Waals surface area (Å²) in [5.74, 6) is 0. The molecule has 104 valence electrons. The number of rotatable bonds is 6. The van der Waals surface area contributed by atoms with Crippen LogP contribution in [0.15, 0.2) is 27.1 Å². The number of hydrogen-bond acceptors (Lipinski definition) is 5. The third-order valence-corrected chi connectivity index (χ3v) is 5.42. The summed E-state index contributed by atoms with van der Waals surface area (Å²) in [5, 5.41) is 9.32. The van der Waals surface area contributed by atoms with Crippen LogP contribution in [-0.4, -0.2) is 25.7 Å². The van der Waals surface area contributed by atoms with Crippen LogP contribution in [0.3, 0.4) is 0 Å². The van der Waals surface area contributed by atoms with Gasteiger partial charge in [-0.2, -0.15) is 5.10 Å². The molecule has 0 amide bonds. The Morgan fingerprint density at radius 2 is 2.21 bits per heavy atom. The van der Waals surface area contributed by atoms with Crippen molar-refractivity contribution in [1.29, 1.82) is 0 Å². The molecule has 19 heavy (non-hydrogen) atoms. The molecule has 0 aliphatic heterocycles. The number of sulfonamides is 1. The second-order valence-corrected chi connectivity index (χ2v) is 8.04. The van der Waals surface area contributed by atoms with E-state index in [1.165, 1.54) is 17.5 Å². The summed E-state index contributed by atoms with van der Waals surface area (Å²) in [7, 11) is -1.83. The van der Waals surface area contributed by atoms with Gasteiger partial charge in [0.25, 0.3) is 10.0 Å². The molecule has 0 bridgehead atoms. The predicted molar refractivity (Wildman–Crippen MR) is 77.4 cm³/mol. The number of aromatic nitrogens is 2. The van der Waals surface area contributed by atoms with Crippen LogP contribution in [0.5, 0.6) is 0 Å². The van der Waals surface area contributed by atoms with Crippen molar-refractivity contribution in [2.45, 2.75) is 18.1 Å². The molecule has 0 saturated carbocycles. The summed E-state index contributed by atoms with van der Waals surface area (Å²) in [6.07, 6.45) is 1.51. The van der Waals surface area contributed by atoms with Gasteiger partial charge >= 0.3 is 0 Å². The molecule has 2 heterocycles. The maximum absolute atomic E-state index is 12.2. The standard InChI is InChI=1S/C10H13BrN4O2S2/c1-12-4-7-5-13-15-10(7)19(16,17)14-6-8-2-3-9(11)18-8/h2-3,5,12,14H,4,6H2,1H3,(H,13,15). The monoisotopic (exact) mass is 364 g/mol. The van der Waals surface area contributed by atoms with Gasteiger partial charge in [0.15, 0.2) is 5.03 Å². The van der Waals surface area contributed by atoms with E-state index in [2.05, 4.69) is 36.2 Å². The first-order chi connectivity index (χ1) is 9.03. The SMILES string of the molecule is CNCc1cn[nH]c1S(=O)(=O)NCc1ccc(Br)s1. The van der Waals surface area contributed by atoms with E-state index in [1.54, 1.807) is 7.05 Å². The van der Waals surface area contributed by atoms with Gasteiger partial charge in [0.05, 0.1) is 9.98 Å². The van der Waals surface area contributed by atoms with Gasteiger partial charge in [-0.05, 0) is 35.1 Å². The van der Waals surface area contributed by atoms with Crippen molar-refractivity contribution in [3.63, 3.8) is 0 Å². The Kier molecular flexibility index (Phi) is 4.74. The zero-order valence-electron chi connectivity index (χ0n) is 10.1. The van der Waals surface area contributed by atoms with Crippen molar-refractivity contribution in [3.05, 3.63) is 32.6 Å². The van der Waals surface area contributed by atoms with Gasteiger partial charge < -0.3 is 5.32 Å². The number of nitrogens with zero attached hydrogens (tertiary/aromatic N) is 1. The van der Waals surface area contributed by atoms with Crippen molar-refractivity contribution in [1.82, 2.24) is 20.2 Å². The summed E-state index contributed by atoms with van der Waals surface area (Å²) in [5.41, 5.74) is 0.613. The third kappa shape index (κ3) is 3.63. The summed E-state index contributed by atoms with van der Waals surface area (Å²) < 4.78 is 27.8. The van der Waals surface area contributed by atoms with E-state index in [-0.39, 0.29) is 11.6 Å². The van der Waals surface area contributed by atoms with Gasteiger partial charge in [0, 0.05) is 23.5 Å². The molecule has 9 heteroatoms. The zero-order chi connectivity index (χ0) is 13.9. The largest absolute Gasteiger partial charge is 0.316 e. The Hall–Kier alpha value is -0.740. The van der Waals surface area contributed by atoms with E-state index < -0.39 is 10.0 Å². The highest BCUT2D eigenvalue weighted by Gasteiger charge is 2.20. The van der Waals surface area contributed by atoms with E-state index in [4.69, 9.17) is 0 Å². The molecule has 0 aliphatic carbocycles. The van der Waals surface area contributed by atoms with Gasteiger partial charge in [-0.1, -0.05) is 0 Å². The van der Waals surface area contributed by atoms with Crippen LogP contribution in [0.4, 0.5) is 0 Å². The first-order valence-electron chi connectivity index (χ1n) is 5.43. The number of H-pyrrole nitrogens is 1. The molecule has 0 atom stereocenters. The van der Waals surface area contributed by atoms with Crippen molar-refractivity contribution >= 4 is 37.3 Å².